The molecule has 1 aromatic carbocycles. The van der Waals surface area contributed by atoms with E-state index in [4.69, 9.17) is 5.73 Å². The molecule has 0 radical (unpaired) electrons. The van der Waals surface area contributed by atoms with Crippen LogP contribution < -0.4 is 10.5 Å². The Morgan fingerprint density at radius 2 is 1.95 bits per heavy atom. The third-order valence-corrected chi connectivity index (χ3v) is 3.03. The quantitative estimate of drug-likeness (QED) is 0.917. The molecule has 2 aromatic rings. The highest BCUT2D eigenvalue weighted by atomic mass is 19.3. The van der Waals surface area contributed by atoms with E-state index in [0.29, 0.717) is 16.6 Å². The number of nitrogens with zero attached hydrogens (tertiary/aromatic N) is 1. The highest BCUT2D eigenvalue weighted by molar-refractivity contribution is 5.93. The molecule has 0 spiro atoms. The van der Waals surface area contributed by atoms with Crippen LogP contribution in [0.2, 0.25) is 0 Å². The second-order valence-electron chi connectivity index (χ2n) is 4.74. The fraction of sp³-hybridized carbons (Fsp3) is 0.357. The van der Waals surface area contributed by atoms with E-state index in [1.54, 1.807) is 6.07 Å². The number of nitrogen functional groups attached to an aromatic ring is 1. The molecular formula is C14H16F2N2O. The molecule has 2 rings (SSSR count). The normalized spacial score (nSPS) is 11.5. The molecule has 0 unspecified atom stereocenters. The maximum Gasteiger partial charge on any atom is 0.387 e. The first-order chi connectivity index (χ1) is 8.90. The fourth-order valence-corrected chi connectivity index (χ4v) is 2.31. The Morgan fingerprint density at radius 3 is 2.53 bits per heavy atom. The number of halogens is 2. The minimum Gasteiger partial charge on any atom is -0.435 e. The summed E-state index contributed by atoms with van der Waals surface area (Å²) in [5.41, 5.74) is 9.21. The van der Waals surface area contributed by atoms with Gasteiger partial charge in [-0.1, -0.05) is 13.8 Å². The molecule has 0 fully saturated rings. The molecule has 0 aliphatic heterocycles. The zero-order valence-corrected chi connectivity index (χ0v) is 11.1. The van der Waals surface area contributed by atoms with E-state index in [1.807, 2.05) is 20.8 Å². The maximum absolute atomic E-state index is 12.2. The number of fused-ring (bicyclic) bond motifs is 1. The molecular weight excluding hydrogens is 250 g/mol. The first-order valence-electron chi connectivity index (χ1n) is 6.04. The standard InChI is InChI=1S/C14H16F2N2O/c1-7(2)12-8(3)18-11-5-4-9(19-14(15)16)6-10(11)13(12)17/h4-7,14H,1-3H3,(H2,17,18). The van der Waals surface area contributed by atoms with Gasteiger partial charge in [0.15, 0.2) is 0 Å². The lowest BCUT2D eigenvalue weighted by atomic mass is 9.97. The average molecular weight is 266 g/mol. The first kappa shape index (κ1) is 13.5. The second-order valence-corrected chi connectivity index (χ2v) is 4.74. The molecule has 19 heavy (non-hydrogen) atoms. The van der Waals surface area contributed by atoms with Crippen LogP contribution in [0.25, 0.3) is 10.9 Å². The van der Waals surface area contributed by atoms with Gasteiger partial charge in [-0.15, -0.1) is 0 Å². The van der Waals surface area contributed by atoms with Crippen LogP contribution in [0.1, 0.15) is 31.0 Å². The van der Waals surface area contributed by atoms with Crippen LogP contribution >= 0.6 is 0 Å². The molecule has 0 amide bonds. The average Bonchev–Trinajstić information content (AvgIpc) is 2.28. The summed E-state index contributed by atoms with van der Waals surface area (Å²) in [5.74, 6) is 0.311. The Morgan fingerprint density at radius 1 is 1.26 bits per heavy atom. The van der Waals surface area contributed by atoms with Crippen LogP contribution in [0.15, 0.2) is 18.2 Å². The van der Waals surface area contributed by atoms with E-state index in [9.17, 15) is 8.78 Å². The van der Waals surface area contributed by atoms with Crippen molar-refractivity contribution in [2.75, 3.05) is 5.73 Å². The molecule has 0 aliphatic rings. The van der Waals surface area contributed by atoms with Gasteiger partial charge >= 0.3 is 6.61 Å². The Labute approximate surface area is 110 Å². The number of aryl methyl sites for hydroxylation is 1. The van der Waals surface area contributed by atoms with Gasteiger partial charge in [0.2, 0.25) is 0 Å². The molecule has 102 valence electrons. The number of ether oxygens (including phenoxy) is 1. The van der Waals surface area contributed by atoms with Crippen molar-refractivity contribution in [2.24, 2.45) is 0 Å². The van der Waals surface area contributed by atoms with Crippen molar-refractivity contribution in [2.45, 2.75) is 33.3 Å². The van der Waals surface area contributed by atoms with Gasteiger partial charge < -0.3 is 10.5 Å². The lowest BCUT2D eigenvalue weighted by Gasteiger charge is -2.15. The number of anilines is 1. The zero-order valence-electron chi connectivity index (χ0n) is 11.1. The molecule has 0 atom stereocenters. The molecule has 0 aliphatic carbocycles. The molecule has 3 nitrogen and oxygen atoms in total. The van der Waals surface area contributed by atoms with E-state index >= 15 is 0 Å². The van der Waals surface area contributed by atoms with E-state index in [0.717, 1.165) is 11.3 Å². The van der Waals surface area contributed by atoms with Crippen molar-refractivity contribution >= 4 is 16.6 Å². The number of hydrogen-bond acceptors (Lipinski definition) is 3. The third-order valence-electron chi connectivity index (χ3n) is 3.03. The van der Waals surface area contributed by atoms with E-state index < -0.39 is 6.61 Å². The summed E-state index contributed by atoms with van der Waals surface area (Å²) in [7, 11) is 0. The highest BCUT2D eigenvalue weighted by Crippen LogP contribution is 2.33. The Bertz CT molecular complexity index is 612. The van der Waals surface area contributed by atoms with Crippen molar-refractivity contribution in [3.8, 4) is 5.75 Å². The summed E-state index contributed by atoms with van der Waals surface area (Å²) in [4.78, 5) is 4.45. The van der Waals surface area contributed by atoms with E-state index in [1.165, 1.54) is 12.1 Å². The monoisotopic (exact) mass is 266 g/mol. The van der Waals surface area contributed by atoms with E-state index in [2.05, 4.69) is 9.72 Å². The number of rotatable bonds is 3. The van der Waals surface area contributed by atoms with Crippen LogP contribution in [0.3, 0.4) is 0 Å². The highest BCUT2D eigenvalue weighted by Gasteiger charge is 2.14. The van der Waals surface area contributed by atoms with Gasteiger partial charge in [-0.05, 0) is 36.6 Å². The Kier molecular flexibility index (Phi) is 3.55. The van der Waals surface area contributed by atoms with Crippen LogP contribution in [-0.4, -0.2) is 11.6 Å². The molecule has 2 N–H and O–H groups in total. The molecule has 1 aromatic heterocycles. The maximum atomic E-state index is 12.2. The minimum absolute atomic E-state index is 0.0922. The number of hydrogen-bond donors (Lipinski definition) is 1. The number of nitrogens with two attached hydrogens (primary N) is 1. The topological polar surface area (TPSA) is 48.1 Å². The van der Waals surface area contributed by atoms with Crippen molar-refractivity contribution in [1.29, 1.82) is 0 Å². The van der Waals surface area contributed by atoms with Gasteiger partial charge in [0.05, 0.1) is 5.52 Å². The Hall–Kier alpha value is -1.91. The van der Waals surface area contributed by atoms with Gasteiger partial charge in [0.1, 0.15) is 5.75 Å². The predicted molar refractivity (Wildman–Crippen MR) is 71.6 cm³/mol. The summed E-state index contributed by atoms with van der Waals surface area (Å²) in [5, 5.41) is 0.646. The summed E-state index contributed by atoms with van der Waals surface area (Å²) < 4.78 is 28.8. The number of alkyl halides is 2. The molecule has 1 heterocycles. The van der Waals surface area contributed by atoms with Crippen molar-refractivity contribution in [1.82, 2.24) is 4.98 Å². The SMILES string of the molecule is Cc1nc2ccc(OC(F)F)cc2c(N)c1C(C)C. The summed E-state index contributed by atoms with van der Waals surface area (Å²) in [6.45, 7) is 3.09. The number of aromatic nitrogens is 1. The fourth-order valence-electron chi connectivity index (χ4n) is 2.31. The number of benzene rings is 1. The lowest BCUT2D eigenvalue weighted by molar-refractivity contribution is -0.0497. The van der Waals surface area contributed by atoms with Crippen molar-refractivity contribution in [3.63, 3.8) is 0 Å². The minimum atomic E-state index is -2.85. The second kappa shape index (κ2) is 4.99. The third kappa shape index (κ3) is 2.59. The summed E-state index contributed by atoms with van der Waals surface area (Å²) in [6.07, 6.45) is 0. The van der Waals surface area contributed by atoms with Gasteiger partial charge in [-0.3, -0.25) is 4.98 Å². The zero-order chi connectivity index (χ0) is 14.2. The van der Waals surface area contributed by atoms with Gasteiger partial charge in [0.25, 0.3) is 0 Å². The molecule has 0 bridgehead atoms. The Balaban J connectivity index is 2.63. The van der Waals surface area contributed by atoms with Crippen LogP contribution in [0, 0.1) is 6.92 Å². The smallest absolute Gasteiger partial charge is 0.387 e. The van der Waals surface area contributed by atoms with Crippen molar-refractivity contribution in [3.05, 3.63) is 29.5 Å². The number of pyridine rings is 1. The van der Waals surface area contributed by atoms with Gasteiger partial charge in [-0.25, -0.2) is 0 Å². The van der Waals surface area contributed by atoms with Gasteiger partial charge in [-0.2, -0.15) is 8.78 Å². The van der Waals surface area contributed by atoms with Gasteiger partial charge in [0, 0.05) is 16.8 Å². The van der Waals surface area contributed by atoms with E-state index in [-0.39, 0.29) is 11.7 Å². The molecule has 0 saturated carbocycles. The van der Waals surface area contributed by atoms with Crippen LogP contribution in [0.4, 0.5) is 14.5 Å². The predicted octanol–water partition coefficient (Wildman–Crippen LogP) is 3.85. The summed E-state index contributed by atoms with van der Waals surface area (Å²) in [6, 6.07) is 4.62. The first-order valence-corrected chi connectivity index (χ1v) is 6.04. The lowest BCUT2D eigenvalue weighted by Crippen LogP contribution is -2.05. The summed E-state index contributed by atoms with van der Waals surface area (Å²) >= 11 is 0. The molecule has 5 heteroatoms. The largest absolute Gasteiger partial charge is 0.435 e. The van der Waals surface area contributed by atoms with Crippen LogP contribution in [0.5, 0.6) is 5.75 Å². The molecule has 0 saturated heterocycles. The van der Waals surface area contributed by atoms with Crippen LogP contribution in [-0.2, 0) is 0 Å². The van der Waals surface area contributed by atoms with Crippen molar-refractivity contribution < 1.29 is 13.5 Å².